The molecule has 170 valence electrons. The van der Waals surface area contributed by atoms with Crippen LogP contribution < -0.4 is 10.1 Å². The highest BCUT2D eigenvalue weighted by atomic mass is 16.5. The molecule has 0 aromatic heterocycles. The van der Waals surface area contributed by atoms with Gasteiger partial charge >= 0.3 is 6.09 Å². The molecule has 0 unspecified atom stereocenters. The molecule has 0 heterocycles. The van der Waals surface area contributed by atoms with Crippen molar-refractivity contribution >= 4 is 22.9 Å². The monoisotopic (exact) mass is 449 g/mol. The lowest BCUT2D eigenvalue weighted by Crippen LogP contribution is -2.26. The van der Waals surface area contributed by atoms with E-state index in [9.17, 15) is 4.79 Å². The van der Waals surface area contributed by atoms with Crippen molar-refractivity contribution in [3.05, 3.63) is 108 Å². The van der Waals surface area contributed by atoms with E-state index in [0.717, 1.165) is 16.7 Å². The summed E-state index contributed by atoms with van der Waals surface area (Å²) < 4.78 is 11.1. The Hall–Kier alpha value is -4.05. The molecule has 0 fully saturated rings. The lowest BCUT2D eigenvalue weighted by Gasteiger charge is -2.14. The number of methoxy groups -OCH3 is 1. The number of fused-ring (bicyclic) bond motifs is 4. The van der Waals surface area contributed by atoms with Crippen LogP contribution in [-0.2, 0) is 4.74 Å². The summed E-state index contributed by atoms with van der Waals surface area (Å²) in [6.07, 6.45) is 4.41. The van der Waals surface area contributed by atoms with Crippen LogP contribution in [0.5, 0.6) is 5.75 Å². The summed E-state index contributed by atoms with van der Waals surface area (Å²) in [5, 5.41) is 5.17. The summed E-state index contributed by atoms with van der Waals surface area (Å²) in [4.78, 5) is 12.4. The maximum absolute atomic E-state index is 12.4. The normalized spacial score (nSPS) is 12.5. The molecule has 1 N–H and O–H groups in total. The van der Waals surface area contributed by atoms with Gasteiger partial charge in [0.1, 0.15) is 12.4 Å². The van der Waals surface area contributed by atoms with Crippen molar-refractivity contribution in [3.8, 4) is 16.9 Å². The highest BCUT2D eigenvalue weighted by Gasteiger charge is 2.28. The van der Waals surface area contributed by atoms with Gasteiger partial charge in [-0.3, -0.25) is 0 Å². The summed E-state index contributed by atoms with van der Waals surface area (Å²) in [7, 11) is 1.68. The first-order chi connectivity index (χ1) is 16.8. The van der Waals surface area contributed by atoms with Crippen molar-refractivity contribution in [1.29, 1.82) is 0 Å². The summed E-state index contributed by atoms with van der Waals surface area (Å²) in [6.45, 7) is 0.823. The fraction of sp³-hybridized carbons (Fsp3) is 0.167. The Labute approximate surface area is 199 Å². The Morgan fingerprint density at radius 3 is 2.29 bits per heavy atom. The lowest BCUT2D eigenvalue weighted by atomic mass is 9.98. The zero-order chi connectivity index (χ0) is 23.3. The maximum Gasteiger partial charge on any atom is 0.407 e. The number of benzene rings is 4. The van der Waals surface area contributed by atoms with Gasteiger partial charge in [-0.05, 0) is 45.5 Å². The first kappa shape index (κ1) is 21.8. The molecular weight excluding hydrogens is 422 g/mol. The second-order valence-electron chi connectivity index (χ2n) is 8.35. The van der Waals surface area contributed by atoms with E-state index in [1.54, 1.807) is 7.11 Å². The molecular formula is C30H27NO3. The number of amides is 1. The number of rotatable bonds is 7. The molecule has 0 saturated heterocycles. The van der Waals surface area contributed by atoms with Crippen molar-refractivity contribution in [3.63, 3.8) is 0 Å². The van der Waals surface area contributed by atoms with E-state index in [4.69, 9.17) is 9.47 Å². The lowest BCUT2D eigenvalue weighted by molar-refractivity contribution is 0.143. The Balaban J connectivity index is 1.17. The minimum absolute atomic E-state index is 0.0665. The van der Waals surface area contributed by atoms with Crippen molar-refractivity contribution in [1.82, 2.24) is 5.32 Å². The van der Waals surface area contributed by atoms with Gasteiger partial charge in [0.2, 0.25) is 0 Å². The van der Waals surface area contributed by atoms with Crippen LogP contribution in [0, 0.1) is 0 Å². The molecule has 4 nitrogen and oxygen atoms in total. The van der Waals surface area contributed by atoms with E-state index in [0.29, 0.717) is 19.6 Å². The van der Waals surface area contributed by atoms with Gasteiger partial charge < -0.3 is 14.8 Å². The van der Waals surface area contributed by atoms with Gasteiger partial charge in [-0.25, -0.2) is 4.79 Å². The number of carbonyl (C=O) groups excluding carboxylic acids is 1. The van der Waals surface area contributed by atoms with Gasteiger partial charge in [-0.15, -0.1) is 0 Å². The molecule has 0 aliphatic heterocycles. The maximum atomic E-state index is 12.4. The van der Waals surface area contributed by atoms with Crippen molar-refractivity contribution in [2.45, 2.75) is 12.3 Å². The number of hydrogen-bond acceptors (Lipinski definition) is 3. The van der Waals surface area contributed by atoms with Crippen molar-refractivity contribution < 1.29 is 14.3 Å². The summed E-state index contributed by atoms with van der Waals surface area (Å²) in [5.74, 6) is 0.899. The fourth-order valence-electron chi connectivity index (χ4n) is 4.73. The van der Waals surface area contributed by atoms with Crippen molar-refractivity contribution in [2.75, 3.05) is 20.3 Å². The van der Waals surface area contributed by atoms with E-state index in [-0.39, 0.29) is 5.92 Å². The molecule has 0 radical (unpaired) electrons. The van der Waals surface area contributed by atoms with Gasteiger partial charge in [-0.2, -0.15) is 0 Å². The number of ether oxygens (including phenoxy) is 2. The third-order valence-electron chi connectivity index (χ3n) is 6.36. The molecule has 1 amide bonds. The Bertz CT molecular complexity index is 1310. The predicted octanol–water partition coefficient (Wildman–Crippen LogP) is 6.79. The Morgan fingerprint density at radius 2 is 1.56 bits per heavy atom. The second kappa shape index (κ2) is 9.84. The highest BCUT2D eigenvalue weighted by Crippen LogP contribution is 2.44. The summed E-state index contributed by atoms with van der Waals surface area (Å²) >= 11 is 0. The molecule has 1 aliphatic rings. The van der Waals surface area contributed by atoms with E-state index >= 15 is 0 Å². The van der Waals surface area contributed by atoms with Gasteiger partial charge in [0, 0.05) is 18.0 Å². The SMILES string of the molecule is COc1ccc2ccccc2c1C=CCCNC(=O)OCC1c2ccccc2-c2ccccc21. The van der Waals surface area contributed by atoms with E-state index < -0.39 is 6.09 Å². The van der Waals surface area contributed by atoms with Crippen LogP contribution in [0.15, 0.2) is 91.0 Å². The number of nitrogens with one attached hydrogen (secondary N) is 1. The zero-order valence-electron chi connectivity index (χ0n) is 19.2. The van der Waals surface area contributed by atoms with Crippen LogP contribution in [0.1, 0.15) is 29.0 Å². The molecule has 34 heavy (non-hydrogen) atoms. The molecule has 0 bridgehead atoms. The minimum Gasteiger partial charge on any atom is -0.496 e. The third-order valence-corrected chi connectivity index (χ3v) is 6.36. The van der Waals surface area contributed by atoms with E-state index in [1.807, 2.05) is 48.5 Å². The molecule has 4 heteroatoms. The van der Waals surface area contributed by atoms with Crippen LogP contribution in [0.2, 0.25) is 0 Å². The molecule has 0 spiro atoms. The van der Waals surface area contributed by atoms with Crippen LogP contribution in [-0.4, -0.2) is 26.4 Å². The smallest absolute Gasteiger partial charge is 0.407 e. The zero-order valence-corrected chi connectivity index (χ0v) is 19.2. The van der Waals surface area contributed by atoms with Crippen LogP contribution >= 0.6 is 0 Å². The average Bonchev–Trinajstić information content (AvgIpc) is 3.21. The van der Waals surface area contributed by atoms with Gasteiger partial charge in [0.05, 0.1) is 7.11 Å². The quantitative estimate of drug-likeness (QED) is 0.316. The van der Waals surface area contributed by atoms with Crippen LogP contribution in [0.4, 0.5) is 4.79 Å². The average molecular weight is 450 g/mol. The molecule has 1 aliphatic carbocycles. The van der Waals surface area contributed by atoms with Crippen LogP contribution in [0.25, 0.3) is 28.0 Å². The molecule has 4 aromatic rings. The van der Waals surface area contributed by atoms with Gasteiger partial charge in [0.25, 0.3) is 0 Å². The molecule has 0 atom stereocenters. The number of carbonyl (C=O) groups is 1. The largest absolute Gasteiger partial charge is 0.496 e. The van der Waals surface area contributed by atoms with Crippen molar-refractivity contribution in [2.24, 2.45) is 0 Å². The van der Waals surface area contributed by atoms with Crippen LogP contribution in [0.3, 0.4) is 0 Å². The summed E-state index contributed by atoms with van der Waals surface area (Å²) in [5.41, 5.74) is 5.91. The van der Waals surface area contributed by atoms with Gasteiger partial charge in [0.15, 0.2) is 0 Å². The first-order valence-electron chi connectivity index (χ1n) is 11.6. The predicted molar refractivity (Wildman–Crippen MR) is 137 cm³/mol. The van der Waals surface area contributed by atoms with E-state index in [2.05, 4.69) is 53.9 Å². The molecule has 0 saturated carbocycles. The molecule has 5 rings (SSSR count). The number of hydrogen-bond donors (Lipinski definition) is 1. The highest BCUT2D eigenvalue weighted by molar-refractivity contribution is 5.93. The number of alkyl carbamates (subject to hydrolysis) is 1. The van der Waals surface area contributed by atoms with Gasteiger partial charge in [-0.1, -0.05) is 91.0 Å². The Morgan fingerprint density at radius 1 is 0.882 bits per heavy atom. The Kier molecular flexibility index (Phi) is 6.30. The second-order valence-corrected chi connectivity index (χ2v) is 8.35. The first-order valence-corrected chi connectivity index (χ1v) is 11.6. The molecule has 4 aromatic carbocycles. The third kappa shape index (κ3) is 4.27. The van der Waals surface area contributed by atoms with E-state index in [1.165, 1.54) is 27.6 Å². The standard InChI is InChI=1S/C30H27NO3/c1-33-29-18-17-21-10-2-3-11-22(21)27(29)16-8-9-19-31-30(32)34-20-28-25-14-6-4-12-23(25)24-13-5-7-15-26(24)28/h2-8,10-18,28H,9,19-20H2,1H3,(H,31,32). The summed E-state index contributed by atoms with van der Waals surface area (Å²) in [6, 6.07) is 28.9. The fourth-order valence-corrected chi connectivity index (χ4v) is 4.73. The minimum atomic E-state index is -0.391. The topological polar surface area (TPSA) is 47.6 Å².